The first-order valence-corrected chi connectivity index (χ1v) is 8.05. The molecule has 0 spiro atoms. The number of rotatable bonds is 8. The van der Waals surface area contributed by atoms with Gasteiger partial charge in [-0.05, 0) is 37.5 Å². The summed E-state index contributed by atoms with van der Waals surface area (Å²) in [4.78, 5) is -0.00458. The first-order chi connectivity index (χ1) is 9.51. The van der Waals surface area contributed by atoms with Crippen molar-refractivity contribution < 1.29 is 13.2 Å². The van der Waals surface area contributed by atoms with E-state index in [1.807, 2.05) is 6.07 Å². The standard InChI is InChI=1S/C13H17ClN2O3S/c1-19-8-4-2-3-7-16-20(17,18)13-6-5-11(10-15)9-12(13)14/h5-6,9,16H,2-4,7-8H2,1H3. The van der Waals surface area contributed by atoms with E-state index in [-0.39, 0.29) is 9.92 Å². The molecule has 0 aromatic heterocycles. The van der Waals surface area contributed by atoms with Crippen molar-refractivity contribution in [3.63, 3.8) is 0 Å². The molecule has 0 bridgehead atoms. The van der Waals surface area contributed by atoms with E-state index in [0.29, 0.717) is 18.7 Å². The lowest BCUT2D eigenvalue weighted by Crippen LogP contribution is -2.25. The van der Waals surface area contributed by atoms with Gasteiger partial charge in [0.15, 0.2) is 0 Å². The van der Waals surface area contributed by atoms with Crippen molar-refractivity contribution in [3.05, 3.63) is 28.8 Å². The molecule has 1 N–H and O–H groups in total. The molecule has 1 rings (SSSR count). The normalized spacial score (nSPS) is 11.2. The highest BCUT2D eigenvalue weighted by Gasteiger charge is 2.17. The molecule has 5 nitrogen and oxygen atoms in total. The van der Waals surface area contributed by atoms with Gasteiger partial charge in [0.1, 0.15) is 4.90 Å². The summed E-state index contributed by atoms with van der Waals surface area (Å²) >= 11 is 5.89. The topological polar surface area (TPSA) is 79.2 Å². The Balaban J connectivity index is 2.59. The Kier molecular flexibility index (Phi) is 6.96. The molecule has 20 heavy (non-hydrogen) atoms. The molecule has 7 heteroatoms. The fourth-order valence-electron chi connectivity index (χ4n) is 1.62. The van der Waals surface area contributed by atoms with Crippen LogP contribution in [0.1, 0.15) is 24.8 Å². The van der Waals surface area contributed by atoms with Gasteiger partial charge in [0.2, 0.25) is 10.0 Å². The van der Waals surface area contributed by atoms with E-state index in [2.05, 4.69) is 4.72 Å². The van der Waals surface area contributed by atoms with Gasteiger partial charge < -0.3 is 4.74 Å². The number of sulfonamides is 1. The van der Waals surface area contributed by atoms with Gasteiger partial charge in [0.25, 0.3) is 0 Å². The van der Waals surface area contributed by atoms with Crippen LogP contribution in [0.4, 0.5) is 0 Å². The maximum atomic E-state index is 12.0. The van der Waals surface area contributed by atoms with Crippen molar-refractivity contribution in [2.24, 2.45) is 0 Å². The maximum absolute atomic E-state index is 12.0. The summed E-state index contributed by atoms with van der Waals surface area (Å²) in [5.41, 5.74) is 0.327. The summed E-state index contributed by atoms with van der Waals surface area (Å²) in [7, 11) is -2.00. The smallest absolute Gasteiger partial charge is 0.242 e. The largest absolute Gasteiger partial charge is 0.385 e. The lowest BCUT2D eigenvalue weighted by Gasteiger charge is -2.08. The Morgan fingerprint density at radius 2 is 2.10 bits per heavy atom. The number of nitriles is 1. The first-order valence-electron chi connectivity index (χ1n) is 6.19. The molecule has 0 fully saturated rings. The van der Waals surface area contributed by atoms with Crippen LogP contribution >= 0.6 is 11.6 Å². The minimum absolute atomic E-state index is 0.00458. The van der Waals surface area contributed by atoms with E-state index in [0.717, 1.165) is 19.3 Å². The minimum Gasteiger partial charge on any atom is -0.385 e. The Bertz CT molecular complexity index is 582. The zero-order valence-electron chi connectivity index (χ0n) is 11.2. The second-order valence-corrected chi connectivity index (χ2v) is 6.35. The molecule has 1 aromatic carbocycles. The number of hydrogen-bond acceptors (Lipinski definition) is 4. The van der Waals surface area contributed by atoms with Crippen LogP contribution in [0.5, 0.6) is 0 Å². The van der Waals surface area contributed by atoms with Gasteiger partial charge in [-0.1, -0.05) is 11.6 Å². The summed E-state index contributed by atoms with van der Waals surface area (Å²) < 4.78 is 31.5. The zero-order chi connectivity index (χ0) is 15.0. The van der Waals surface area contributed by atoms with E-state index in [1.165, 1.54) is 18.2 Å². The van der Waals surface area contributed by atoms with Crippen molar-refractivity contribution in [2.75, 3.05) is 20.3 Å². The molecule has 110 valence electrons. The van der Waals surface area contributed by atoms with Crippen LogP contribution in [-0.4, -0.2) is 28.7 Å². The highest BCUT2D eigenvalue weighted by atomic mass is 35.5. The molecule has 0 saturated heterocycles. The number of unbranched alkanes of at least 4 members (excludes halogenated alkanes) is 2. The van der Waals surface area contributed by atoms with Crippen LogP contribution in [0.15, 0.2) is 23.1 Å². The monoisotopic (exact) mass is 316 g/mol. The molecule has 0 unspecified atom stereocenters. The molecule has 1 aromatic rings. The molecule has 0 radical (unpaired) electrons. The van der Waals surface area contributed by atoms with Crippen LogP contribution < -0.4 is 4.72 Å². The third kappa shape index (κ3) is 5.10. The number of hydrogen-bond donors (Lipinski definition) is 1. The predicted octanol–water partition coefficient (Wildman–Crippen LogP) is 2.31. The molecule has 0 saturated carbocycles. The highest BCUT2D eigenvalue weighted by molar-refractivity contribution is 7.89. The van der Waals surface area contributed by atoms with Crippen LogP contribution in [-0.2, 0) is 14.8 Å². The third-order valence-electron chi connectivity index (χ3n) is 2.67. The van der Waals surface area contributed by atoms with Gasteiger partial charge in [0.05, 0.1) is 16.7 Å². The fourth-order valence-corrected chi connectivity index (χ4v) is 3.24. The number of ether oxygens (including phenoxy) is 1. The molecule has 0 aliphatic heterocycles. The summed E-state index contributed by atoms with van der Waals surface area (Å²) in [6.45, 7) is 1.02. The second kappa shape index (κ2) is 8.22. The van der Waals surface area contributed by atoms with Crippen LogP contribution in [0.3, 0.4) is 0 Å². The van der Waals surface area contributed by atoms with E-state index in [4.69, 9.17) is 21.6 Å². The summed E-state index contributed by atoms with van der Waals surface area (Å²) in [6, 6.07) is 6.02. The quantitative estimate of drug-likeness (QED) is 0.746. The Morgan fingerprint density at radius 3 is 2.70 bits per heavy atom. The Labute approximate surface area is 124 Å². The Hall–Kier alpha value is -1.13. The number of benzene rings is 1. The molecular formula is C13H17ClN2O3S. The lowest BCUT2D eigenvalue weighted by molar-refractivity contribution is 0.192. The van der Waals surface area contributed by atoms with Gasteiger partial charge in [-0.3, -0.25) is 0 Å². The van der Waals surface area contributed by atoms with E-state index < -0.39 is 10.0 Å². The van der Waals surface area contributed by atoms with E-state index >= 15 is 0 Å². The summed E-state index contributed by atoms with van der Waals surface area (Å²) in [5.74, 6) is 0. The van der Waals surface area contributed by atoms with Crippen molar-refractivity contribution in [1.29, 1.82) is 5.26 Å². The maximum Gasteiger partial charge on any atom is 0.242 e. The Morgan fingerprint density at radius 1 is 1.35 bits per heavy atom. The van der Waals surface area contributed by atoms with Crippen molar-refractivity contribution in [3.8, 4) is 6.07 Å². The predicted molar refractivity (Wildman–Crippen MR) is 77.1 cm³/mol. The van der Waals surface area contributed by atoms with Crippen LogP contribution in [0.25, 0.3) is 0 Å². The van der Waals surface area contributed by atoms with E-state index in [9.17, 15) is 8.42 Å². The molecule has 0 amide bonds. The van der Waals surface area contributed by atoms with Gasteiger partial charge in [-0.25, -0.2) is 13.1 Å². The van der Waals surface area contributed by atoms with Crippen LogP contribution in [0.2, 0.25) is 5.02 Å². The average Bonchev–Trinajstić information content (AvgIpc) is 2.42. The molecule has 0 atom stereocenters. The highest BCUT2D eigenvalue weighted by Crippen LogP contribution is 2.22. The van der Waals surface area contributed by atoms with Gasteiger partial charge in [-0.2, -0.15) is 5.26 Å². The minimum atomic E-state index is -3.63. The van der Waals surface area contributed by atoms with Crippen molar-refractivity contribution in [1.82, 2.24) is 4.72 Å². The van der Waals surface area contributed by atoms with E-state index in [1.54, 1.807) is 7.11 Å². The SMILES string of the molecule is COCCCCCNS(=O)(=O)c1ccc(C#N)cc1Cl. The van der Waals surface area contributed by atoms with Crippen LogP contribution in [0, 0.1) is 11.3 Å². The number of methoxy groups -OCH3 is 1. The summed E-state index contributed by atoms with van der Waals surface area (Å²) in [5, 5.41) is 8.77. The van der Waals surface area contributed by atoms with Gasteiger partial charge in [0, 0.05) is 20.3 Å². The first kappa shape index (κ1) is 16.9. The second-order valence-electron chi connectivity index (χ2n) is 4.21. The van der Waals surface area contributed by atoms with Crippen molar-refractivity contribution in [2.45, 2.75) is 24.2 Å². The molecule has 0 aliphatic carbocycles. The molecule has 0 heterocycles. The molecule has 0 aliphatic rings. The summed E-state index contributed by atoms with van der Waals surface area (Å²) in [6.07, 6.45) is 2.52. The average molecular weight is 317 g/mol. The number of halogens is 1. The molecular weight excluding hydrogens is 300 g/mol. The van der Waals surface area contributed by atoms with Gasteiger partial charge in [-0.15, -0.1) is 0 Å². The van der Waals surface area contributed by atoms with Gasteiger partial charge >= 0.3 is 0 Å². The number of nitrogens with zero attached hydrogens (tertiary/aromatic N) is 1. The third-order valence-corrected chi connectivity index (χ3v) is 4.61. The fraction of sp³-hybridized carbons (Fsp3) is 0.462. The number of nitrogens with one attached hydrogen (secondary N) is 1. The zero-order valence-corrected chi connectivity index (χ0v) is 12.8. The lowest BCUT2D eigenvalue weighted by atomic mass is 10.2. The van der Waals surface area contributed by atoms with Crippen molar-refractivity contribution >= 4 is 21.6 Å².